The molecule has 2 aromatic heterocycles. The van der Waals surface area contributed by atoms with Gasteiger partial charge in [-0.3, -0.25) is 0 Å². The van der Waals surface area contributed by atoms with Crippen LogP contribution in [0.5, 0.6) is 0 Å². The molecule has 0 bridgehead atoms. The summed E-state index contributed by atoms with van der Waals surface area (Å²) in [5, 5.41) is 8.54. The topological polar surface area (TPSA) is 102 Å². The highest BCUT2D eigenvalue weighted by Gasteiger charge is 2.05. The third-order valence-electron chi connectivity index (χ3n) is 3.86. The predicted octanol–water partition coefficient (Wildman–Crippen LogP) is 2.28. The summed E-state index contributed by atoms with van der Waals surface area (Å²) in [5.41, 5.74) is 2.84. The van der Waals surface area contributed by atoms with Gasteiger partial charge in [0.2, 0.25) is 10.0 Å². The van der Waals surface area contributed by atoms with E-state index < -0.39 is 10.0 Å². The lowest BCUT2D eigenvalue weighted by Gasteiger charge is -2.07. The number of anilines is 1. The number of hydrogen-bond acceptors (Lipinski definition) is 6. The van der Waals surface area contributed by atoms with Crippen LogP contribution in [-0.2, 0) is 10.0 Å². The van der Waals surface area contributed by atoms with Crippen LogP contribution in [0.4, 0.5) is 5.82 Å². The Morgan fingerprint density at radius 1 is 1.07 bits per heavy atom. The highest BCUT2D eigenvalue weighted by atomic mass is 32.2. The first-order valence-corrected chi connectivity index (χ1v) is 10.3. The van der Waals surface area contributed by atoms with E-state index in [0.29, 0.717) is 18.2 Å². The number of nitrogens with zero attached hydrogens (tertiary/aromatic N) is 4. The molecule has 0 saturated carbocycles. The summed E-state index contributed by atoms with van der Waals surface area (Å²) >= 11 is 0. The number of aryl methyl sites for hydroxylation is 2. The minimum atomic E-state index is -3.51. The minimum Gasteiger partial charge on any atom is -0.369 e. The Hall–Kier alpha value is -3.04. The van der Waals surface area contributed by atoms with Crippen molar-refractivity contribution in [3.63, 3.8) is 0 Å². The summed E-state index contributed by atoms with van der Waals surface area (Å²) < 4.78 is 28.3. The number of nitrogens with one attached hydrogen (secondary N) is 2. The maximum Gasteiger partial charge on any atom is 0.233 e. The van der Waals surface area contributed by atoms with E-state index in [1.807, 2.05) is 50.4 Å². The summed E-state index contributed by atoms with van der Waals surface area (Å²) in [5.74, 6) is 1.22. The van der Waals surface area contributed by atoms with Crippen LogP contribution in [0.2, 0.25) is 0 Å². The summed E-state index contributed by atoms with van der Waals surface area (Å²) in [6, 6.07) is 11.2. The molecule has 0 aliphatic rings. The Labute approximate surface area is 164 Å². The van der Waals surface area contributed by atoms with Crippen molar-refractivity contribution in [2.24, 2.45) is 0 Å². The molecule has 0 unspecified atom stereocenters. The second-order valence-electron chi connectivity index (χ2n) is 6.24. The van der Waals surface area contributed by atoms with Gasteiger partial charge in [-0.1, -0.05) is 29.8 Å². The lowest BCUT2D eigenvalue weighted by Crippen LogP contribution is -2.27. The quantitative estimate of drug-likeness (QED) is 0.565. The maximum absolute atomic E-state index is 12.1. The SMILES string of the molecule is Cc1ccc(/C=C/S(=O)(=O)NCCNc2cc(-n3ccc(C)n3)ncn2)cc1. The lowest BCUT2D eigenvalue weighted by molar-refractivity contribution is 0.592. The monoisotopic (exact) mass is 398 g/mol. The Bertz CT molecular complexity index is 1060. The van der Waals surface area contributed by atoms with E-state index >= 15 is 0 Å². The average Bonchev–Trinajstić information content (AvgIpc) is 3.12. The first kappa shape index (κ1) is 19.7. The molecule has 0 aliphatic carbocycles. The molecule has 0 radical (unpaired) electrons. The molecule has 3 rings (SSSR count). The summed E-state index contributed by atoms with van der Waals surface area (Å²) in [6.07, 6.45) is 4.82. The van der Waals surface area contributed by atoms with E-state index in [4.69, 9.17) is 0 Å². The Morgan fingerprint density at radius 2 is 1.86 bits per heavy atom. The van der Waals surface area contributed by atoms with Gasteiger partial charge in [0.1, 0.15) is 12.1 Å². The molecule has 0 saturated heterocycles. The number of benzene rings is 1. The van der Waals surface area contributed by atoms with Crippen molar-refractivity contribution in [1.29, 1.82) is 0 Å². The summed E-state index contributed by atoms with van der Waals surface area (Å²) in [7, 11) is -3.51. The van der Waals surface area contributed by atoms with Gasteiger partial charge in [-0.2, -0.15) is 5.10 Å². The van der Waals surface area contributed by atoms with Crippen LogP contribution in [0.3, 0.4) is 0 Å². The van der Waals surface area contributed by atoms with Gasteiger partial charge >= 0.3 is 0 Å². The zero-order chi connectivity index (χ0) is 20.0. The van der Waals surface area contributed by atoms with Gasteiger partial charge in [-0.25, -0.2) is 27.8 Å². The number of aromatic nitrogens is 4. The molecule has 2 N–H and O–H groups in total. The molecule has 0 spiro atoms. The second-order valence-corrected chi connectivity index (χ2v) is 7.89. The van der Waals surface area contributed by atoms with Crippen LogP contribution in [0.1, 0.15) is 16.8 Å². The Balaban J connectivity index is 1.50. The molecular formula is C19H22N6O2S. The van der Waals surface area contributed by atoms with Crippen molar-refractivity contribution in [2.45, 2.75) is 13.8 Å². The molecule has 3 aromatic rings. The zero-order valence-corrected chi connectivity index (χ0v) is 16.5. The van der Waals surface area contributed by atoms with Crippen LogP contribution in [0.25, 0.3) is 11.9 Å². The van der Waals surface area contributed by atoms with E-state index in [9.17, 15) is 8.42 Å². The summed E-state index contributed by atoms with van der Waals surface area (Å²) in [4.78, 5) is 8.31. The highest BCUT2D eigenvalue weighted by molar-refractivity contribution is 7.92. The molecule has 28 heavy (non-hydrogen) atoms. The van der Waals surface area contributed by atoms with E-state index in [2.05, 4.69) is 25.1 Å². The van der Waals surface area contributed by atoms with Crippen molar-refractivity contribution in [3.8, 4) is 5.82 Å². The van der Waals surface area contributed by atoms with Crippen molar-refractivity contribution >= 4 is 21.9 Å². The molecule has 0 atom stereocenters. The smallest absolute Gasteiger partial charge is 0.233 e. The third kappa shape index (κ3) is 5.73. The third-order valence-corrected chi connectivity index (χ3v) is 4.96. The van der Waals surface area contributed by atoms with Gasteiger partial charge in [-0.15, -0.1) is 0 Å². The normalized spacial score (nSPS) is 11.8. The van der Waals surface area contributed by atoms with Gasteiger partial charge in [0.05, 0.1) is 5.69 Å². The van der Waals surface area contributed by atoms with Crippen LogP contribution in [-0.4, -0.2) is 41.3 Å². The van der Waals surface area contributed by atoms with Crippen molar-refractivity contribution in [1.82, 2.24) is 24.5 Å². The fraction of sp³-hybridized carbons (Fsp3) is 0.211. The fourth-order valence-electron chi connectivity index (χ4n) is 2.39. The first-order valence-electron chi connectivity index (χ1n) is 8.74. The summed E-state index contributed by atoms with van der Waals surface area (Å²) in [6.45, 7) is 4.48. The van der Waals surface area contributed by atoms with Crippen molar-refractivity contribution in [2.75, 3.05) is 18.4 Å². The average molecular weight is 398 g/mol. The highest BCUT2D eigenvalue weighted by Crippen LogP contribution is 2.09. The zero-order valence-electron chi connectivity index (χ0n) is 15.7. The van der Waals surface area contributed by atoms with Gasteiger partial charge < -0.3 is 5.32 Å². The maximum atomic E-state index is 12.1. The molecule has 0 fully saturated rings. The largest absolute Gasteiger partial charge is 0.369 e. The molecule has 2 heterocycles. The molecule has 0 aliphatic heterocycles. The number of rotatable bonds is 8. The Morgan fingerprint density at radius 3 is 2.57 bits per heavy atom. The minimum absolute atomic E-state index is 0.223. The molecule has 9 heteroatoms. The van der Waals surface area contributed by atoms with E-state index in [1.165, 1.54) is 11.7 Å². The van der Waals surface area contributed by atoms with Crippen molar-refractivity contribution in [3.05, 3.63) is 71.2 Å². The van der Waals surface area contributed by atoms with Gasteiger partial charge in [0.25, 0.3) is 0 Å². The Kier molecular flexibility index (Phi) is 6.17. The standard InChI is InChI=1S/C19H22N6O2S/c1-15-3-5-17(6-4-15)8-12-28(26,27)23-10-9-20-18-13-19(22-14-21-18)25-11-7-16(2)24-25/h3-8,11-14,23H,9-10H2,1-2H3,(H,20,21,22)/b12-8+. The fourth-order valence-corrected chi connectivity index (χ4v) is 3.21. The number of hydrogen-bond donors (Lipinski definition) is 2. The lowest BCUT2D eigenvalue weighted by atomic mass is 10.2. The molecule has 1 aromatic carbocycles. The molecule has 146 valence electrons. The van der Waals surface area contributed by atoms with Gasteiger partial charge in [0, 0.05) is 30.8 Å². The van der Waals surface area contributed by atoms with E-state index in [1.54, 1.807) is 16.8 Å². The second kappa shape index (κ2) is 8.77. The van der Waals surface area contributed by atoms with E-state index in [0.717, 1.165) is 16.8 Å². The van der Waals surface area contributed by atoms with Crippen LogP contribution in [0.15, 0.2) is 54.3 Å². The first-order chi connectivity index (χ1) is 13.4. The van der Waals surface area contributed by atoms with Crippen LogP contribution < -0.4 is 10.0 Å². The molecule has 0 amide bonds. The molecular weight excluding hydrogens is 376 g/mol. The van der Waals surface area contributed by atoms with E-state index in [-0.39, 0.29) is 6.54 Å². The van der Waals surface area contributed by atoms with Gasteiger partial charge in [0.15, 0.2) is 5.82 Å². The molecule has 8 nitrogen and oxygen atoms in total. The van der Waals surface area contributed by atoms with Crippen LogP contribution in [0, 0.1) is 13.8 Å². The number of sulfonamides is 1. The van der Waals surface area contributed by atoms with Crippen LogP contribution >= 0.6 is 0 Å². The van der Waals surface area contributed by atoms with Gasteiger partial charge in [-0.05, 0) is 31.6 Å². The van der Waals surface area contributed by atoms with Crippen molar-refractivity contribution < 1.29 is 8.42 Å². The predicted molar refractivity (Wildman–Crippen MR) is 110 cm³/mol.